The van der Waals surface area contributed by atoms with Crippen LogP contribution in [0.25, 0.3) is 0 Å². The van der Waals surface area contributed by atoms with Gasteiger partial charge >= 0.3 is 0 Å². The fourth-order valence-corrected chi connectivity index (χ4v) is 1.88. The minimum atomic E-state index is -0.0207. The topological polar surface area (TPSA) is 55.1 Å². The molecule has 0 spiro atoms. The molecular formula is C10H16N2OS. The summed E-state index contributed by atoms with van der Waals surface area (Å²) in [6.45, 7) is 4.49. The predicted octanol–water partition coefficient (Wildman–Crippen LogP) is 1.52. The third-order valence-corrected chi connectivity index (χ3v) is 3.01. The molecule has 1 unspecified atom stereocenters. The van der Waals surface area contributed by atoms with Gasteiger partial charge in [0.05, 0.1) is 5.56 Å². The molecule has 14 heavy (non-hydrogen) atoms. The molecule has 1 heterocycles. The maximum Gasteiger partial charge on any atom is 0.252 e. The molecule has 3 N–H and O–H groups in total. The van der Waals surface area contributed by atoms with Crippen molar-refractivity contribution in [1.82, 2.24) is 5.32 Å². The molecule has 1 amide bonds. The molecular weight excluding hydrogens is 196 g/mol. The Hall–Kier alpha value is -0.870. The van der Waals surface area contributed by atoms with Crippen molar-refractivity contribution in [3.63, 3.8) is 0 Å². The van der Waals surface area contributed by atoms with Crippen LogP contribution in [0.3, 0.4) is 0 Å². The second-order valence-electron chi connectivity index (χ2n) is 3.35. The SMILES string of the molecule is CCC(N)CNC(=O)c1cscc1C. The van der Waals surface area contributed by atoms with Crippen molar-refractivity contribution in [2.45, 2.75) is 26.3 Å². The van der Waals surface area contributed by atoms with Crippen molar-refractivity contribution >= 4 is 17.2 Å². The van der Waals surface area contributed by atoms with E-state index < -0.39 is 0 Å². The highest BCUT2D eigenvalue weighted by molar-refractivity contribution is 7.08. The quantitative estimate of drug-likeness (QED) is 0.795. The van der Waals surface area contributed by atoms with Gasteiger partial charge in [0.25, 0.3) is 5.91 Å². The second kappa shape index (κ2) is 5.12. The van der Waals surface area contributed by atoms with Crippen molar-refractivity contribution in [3.05, 3.63) is 21.9 Å². The largest absolute Gasteiger partial charge is 0.350 e. The van der Waals surface area contributed by atoms with E-state index in [4.69, 9.17) is 5.73 Å². The highest BCUT2D eigenvalue weighted by Crippen LogP contribution is 2.12. The summed E-state index contributed by atoms with van der Waals surface area (Å²) >= 11 is 1.54. The highest BCUT2D eigenvalue weighted by atomic mass is 32.1. The van der Waals surface area contributed by atoms with Crippen LogP contribution in [0.5, 0.6) is 0 Å². The van der Waals surface area contributed by atoms with Gasteiger partial charge in [-0.2, -0.15) is 11.3 Å². The number of hydrogen-bond donors (Lipinski definition) is 2. The van der Waals surface area contributed by atoms with Gasteiger partial charge in [0.1, 0.15) is 0 Å². The zero-order valence-corrected chi connectivity index (χ0v) is 9.36. The van der Waals surface area contributed by atoms with Crippen LogP contribution in [0.2, 0.25) is 0 Å². The molecule has 0 aliphatic heterocycles. The van der Waals surface area contributed by atoms with Gasteiger partial charge in [0.2, 0.25) is 0 Å². The van der Waals surface area contributed by atoms with E-state index in [-0.39, 0.29) is 11.9 Å². The Labute approximate surface area is 88.3 Å². The van der Waals surface area contributed by atoms with E-state index in [1.807, 2.05) is 24.6 Å². The van der Waals surface area contributed by atoms with Gasteiger partial charge in [-0.3, -0.25) is 4.79 Å². The lowest BCUT2D eigenvalue weighted by Gasteiger charge is -2.09. The van der Waals surface area contributed by atoms with Gasteiger partial charge in [0, 0.05) is 18.0 Å². The lowest BCUT2D eigenvalue weighted by Crippen LogP contribution is -2.36. The standard InChI is InChI=1S/C10H16N2OS/c1-3-8(11)4-12-10(13)9-6-14-5-7(9)2/h5-6,8H,3-4,11H2,1-2H3,(H,12,13). The average molecular weight is 212 g/mol. The summed E-state index contributed by atoms with van der Waals surface area (Å²) < 4.78 is 0. The summed E-state index contributed by atoms with van der Waals surface area (Å²) in [5.74, 6) is -0.0207. The number of rotatable bonds is 4. The first kappa shape index (κ1) is 11.2. The Morgan fingerprint density at radius 2 is 2.36 bits per heavy atom. The molecule has 1 atom stereocenters. The maximum atomic E-state index is 11.6. The molecule has 1 aromatic rings. The lowest BCUT2D eigenvalue weighted by molar-refractivity contribution is 0.0951. The third kappa shape index (κ3) is 2.82. The summed E-state index contributed by atoms with van der Waals surface area (Å²) in [5, 5.41) is 6.65. The van der Waals surface area contributed by atoms with E-state index in [9.17, 15) is 4.79 Å². The number of amides is 1. The van der Waals surface area contributed by atoms with Gasteiger partial charge in [-0.1, -0.05) is 6.92 Å². The van der Waals surface area contributed by atoms with E-state index in [1.165, 1.54) is 0 Å². The molecule has 0 aliphatic carbocycles. The van der Waals surface area contributed by atoms with Crippen LogP contribution >= 0.6 is 11.3 Å². The molecule has 0 bridgehead atoms. The first-order valence-corrected chi connectivity index (χ1v) is 5.66. The maximum absolute atomic E-state index is 11.6. The van der Waals surface area contributed by atoms with Gasteiger partial charge < -0.3 is 11.1 Å². The van der Waals surface area contributed by atoms with Crippen molar-refractivity contribution in [2.24, 2.45) is 5.73 Å². The van der Waals surface area contributed by atoms with Crippen LogP contribution in [0.15, 0.2) is 10.8 Å². The predicted molar refractivity (Wildman–Crippen MR) is 59.7 cm³/mol. The number of aryl methyl sites for hydroxylation is 1. The Morgan fingerprint density at radius 3 is 2.86 bits per heavy atom. The van der Waals surface area contributed by atoms with Crippen LogP contribution < -0.4 is 11.1 Å². The number of carbonyl (C=O) groups excluding carboxylic acids is 1. The molecule has 0 saturated heterocycles. The number of nitrogens with one attached hydrogen (secondary N) is 1. The molecule has 1 rings (SSSR count). The van der Waals surface area contributed by atoms with Crippen LogP contribution in [0, 0.1) is 6.92 Å². The fourth-order valence-electron chi connectivity index (χ4n) is 1.06. The summed E-state index contributed by atoms with van der Waals surface area (Å²) in [5.41, 5.74) is 7.49. The second-order valence-corrected chi connectivity index (χ2v) is 4.09. The van der Waals surface area contributed by atoms with E-state index in [2.05, 4.69) is 5.32 Å². The van der Waals surface area contributed by atoms with Crippen LogP contribution in [0.1, 0.15) is 29.3 Å². The number of hydrogen-bond acceptors (Lipinski definition) is 3. The minimum absolute atomic E-state index is 0.0207. The molecule has 3 nitrogen and oxygen atoms in total. The number of carbonyl (C=O) groups is 1. The first-order valence-electron chi connectivity index (χ1n) is 4.71. The van der Waals surface area contributed by atoms with Crippen molar-refractivity contribution in [3.8, 4) is 0 Å². The smallest absolute Gasteiger partial charge is 0.252 e. The van der Waals surface area contributed by atoms with E-state index in [1.54, 1.807) is 11.3 Å². The van der Waals surface area contributed by atoms with Gasteiger partial charge in [0.15, 0.2) is 0 Å². The van der Waals surface area contributed by atoms with Crippen LogP contribution in [-0.2, 0) is 0 Å². The molecule has 1 aromatic heterocycles. The van der Waals surface area contributed by atoms with E-state index in [0.29, 0.717) is 6.54 Å². The Balaban J connectivity index is 2.47. The molecule has 78 valence electrons. The van der Waals surface area contributed by atoms with Gasteiger partial charge in [-0.05, 0) is 24.3 Å². The van der Waals surface area contributed by atoms with Crippen molar-refractivity contribution < 1.29 is 4.79 Å². The molecule has 0 fully saturated rings. The molecule has 4 heteroatoms. The number of thiophene rings is 1. The summed E-state index contributed by atoms with van der Waals surface area (Å²) in [6.07, 6.45) is 0.878. The molecule has 0 saturated carbocycles. The first-order chi connectivity index (χ1) is 6.65. The van der Waals surface area contributed by atoms with Crippen LogP contribution in [-0.4, -0.2) is 18.5 Å². The third-order valence-electron chi connectivity index (χ3n) is 2.15. The number of nitrogens with two attached hydrogens (primary N) is 1. The minimum Gasteiger partial charge on any atom is -0.350 e. The monoisotopic (exact) mass is 212 g/mol. The molecule has 0 aromatic carbocycles. The Bertz CT molecular complexity index is 309. The van der Waals surface area contributed by atoms with Gasteiger partial charge in [-0.25, -0.2) is 0 Å². The summed E-state index contributed by atoms with van der Waals surface area (Å²) in [6, 6.07) is 0.0536. The van der Waals surface area contributed by atoms with E-state index >= 15 is 0 Å². The lowest BCUT2D eigenvalue weighted by atomic mass is 10.2. The van der Waals surface area contributed by atoms with Crippen molar-refractivity contribution in [2.75, 3.05) is 6.54 Å². The zero-order chi connectivity index (χ0) is 10.6. The summed E-state index contributed by atoms with van der Waals surface area (Å²) in [7, 11) is 0. The van der Waals surface area contributed by atoms with Crippen molar-refractivity contribution in [1.29, 1.82) is 0 Å². The highest BCUT2D eigenvalue weighted by Gasteiger charge is 2.09. The molecule has 0 radical (unpaired) electrons. The summed E-state index contributed by atoms with van der Waals surface area (Å²) in [4.78, 5) is 11.6. The Kier molecular flexibility index (Phi) is 4.10. The van der Waals surface area contributed by atoms with Gasteiger partial charge in [-0.15, -0.1) is 0 Å². The Morgan fingerprint density at radius 1 is 1.64 bits per heavy atom. The fraction of sp³-hybridized carbons (Fsp3) is 0.500. The zero-order valence-electron chi connectivity index (χ0n) is 8.54. The molecule has 0 aliphatic rings. The average Bonchev–Trinajstić information content (AvgIpc) is 2.60. The van der Waals surface area contributed by atoms with Crippen LogP contribution in [0.4, 0.5) is 0 Å². The van der Waals surface area contributed by atoms with E-state index in [0.717, 1.165) is 17.5 Å². The normalized spacial score (nSPS) is 12.5.